The number of aromatic amines is 1. The molecule has 0 bridgehead atoms. The zero-order valence-electron chi connectivity index (χ0n) is 18.0. The number of nitrogens with one attached hydrogen (secondary N) is 2. The molecule has 7 heteroatoms. The number of hydrogen-bond donors (Lipinski definition) is 4. The molecule has 0 saturated heterocycles. The number of hydrogen-bond acceptors (Lipinski definition) is 5. The smallest absolute Gasteiger partial charge is 0.265 e. The van der Waals surface area contributed by atoms with Crippen LogP contribution >= 0.6 is 11.3 Å². The van der Waals surface area contributed by atoms with Crippen LogP contribution in [0.1, 0.15) is 26.4 Å². The molecular formula is C27H21N3O3S. The monoisotopic (exact) mass is 467 g/mol. The average Bonchev–Trinajstić information content (AvgIpc) is 3.46. The fraction of sp³-hybridized carbons (Fsp3) is 0.0370. The van der Waals surface area contributed by atoms with Crippen LogP contribution in [-0.2, 0) is 6.42 Å². The number of phenols is 1. The minimum Gasteiger partial charge on any atom is -0.508 e. The van der Waals surface area contributed by atoms with E-state index < -0.39 is 0 Å². The zero-order valence-corrected chi connectivity index (χ0v) is 18.8. The number of phenolic OH excluding ortho intramolecular Hbond substituents is 1. The SMILES string of the molecule is O=C(Nc1cccc(Cc2ccc3[nH]c(O)c(C=Nc4cccc(O)c4)c3c2)c1)c1cccs1. The maximum absolute atomic E-state index is 12.4. The number of rotatable bonds is 6. The number of amides is 1. The summed E-state index contributed by atoms with van der Waals surface area (Å²) >= 11 is 1.41. The van der Waals surface area contributed by atoms with Crippen molar-refractivity contribution in [1.29, 1.82) is 0 Å². The molecule has 34 heavy (non-hydrogen) atoms. The summed E-state index contributed by atoms with van der Waals surface area (Å²) in [6, 6.07) is 24.0. The minimum atomic E-state index is -0.118. The number of H-pyrrole nitrogens is 1. The van der Waals surface area contributed by atoms with E-state index in [9.17, 15) is 15.0 Å². The second-order valence-corrected chi connectivity index (χ2v) is 8.80. The quantitative estimate of drug-likeness (QED) is 0.223. The number of carbonyl (C=O) groups excluding carboxylic acids is 1. The van der Waals surface area contributed by atoms with Crippen LogP contribution in [0.5, 0.6) is 11.6 Å². The van der Waals surface area contributed by atoms with Crippen LogP contribution in [0.15, 0.2) is 89.2 Å². The van der Waals surface area contributed by atoms with Gasteiger partial charge in [-0.1, -0.05) is 30.3 Å². The maximum atomic E-state index is 12.4. The molecule has 6 nitrogen and oxygen atoms in total. The second kappa shape index (κ2) is 9.25. The highest BCUT2D eigenvalue weighted by Gasteiger charge is 2.11. The van der Waals surface area contributed by atoms with Crippen LogP contribution in [-0.4, -0.2) is 27.3 Å². The fourth-order valence-corrected chi connectivity index (χ4v) is 4.41. The van der Waals surface area contributed by atoms with Gasteiger partial charge in [-0.2, -0.15) is 0 Å². The zero-order chi connectivity index (χ0) is 23.5. The van der Waals surface area contributed by atoms with Crippen LogP contribution in [0.25, 0.3) is 10.9 Å². The van der Waals surface area contributed by atoms with Gasteiger partial charge in [-0.15, -0.1) is 11.3 Å². The van der Waals surface area contributed by atoms with Gasteiger partial charge in [0.1, 0.15) is 5.75 Å². The number of nitrogens with zero attached hydrogens (tertiary/aromatic N) is 1. The Bertz CT molecular complexity index is 1500. The van der Waals surface area contributed by atoms with E-state index in [1.807, 2.05) is 53.9 Å². The van der Waals surface area contributed by atoms with Gasteiger partial charge >= 0.3 is 0 Å². The van der Waals surface area contributed by atoms with E-state index in [1.165, 1.54) is 11.3 Å². The molecule has 168 valence electrons. The molecule has 2 heterocycles. The van der Waals surface area contributed by atoms with Crippen molar-refractivity contribution in [3.05, 3.63) is 106 Å². The van der Waals surface area contributed by atoms with Crippen LogP contribution in [0.4, 0.5) is 11.4 Å². The second-order valence-electron chi connectivity index (χ2n) is 7.85. The van der Waals surface area contributed by atoms with E-state index in [-0.39, 0.29) is 17.5 Å². The van der Waals surface area contributed by atoms with Gasteiger partial charge in [0.25, 0.3) is 5.91 Å². The van der Waals surface area contributed by atoms with Crippen molar-refractivity contribution in [2.45, 2.75) is 6.42 Å². The summed E-state index contributed by atoms with van der Waals surface area (Å²) in [6.07, 6.45) is 2.25. The summed E-state index contributed by atoms with van der Waals surface area (Å²) in [4.78, 5) is 20.4. The van der Waals surface area contributed by atoms with Crippen molar-refractivity contribution in [1.82, 2.24) is 4.98 Å². The molecular weight excluding hydrogens is 446 g/mol. The van der Waals surface area contributed by atoms with E-state index in [0.29, 0.717) is 22.5 Å². The predicted octanol–water partition coefficient (Wildman–Crippen LogP) is 6.23. The Morgan fingerprint density at radius 3 is 2.65 bits per heavy atom. The van der Waals surface area contributed by atoms with Crippen LogP contribution in [0, 0.1) is 0 Å². The molecule has 0 aliphatic carbocycles. The lowest BCUT2D eigenvalue weighted by Gasteiger charge is -2.07. The molecule has 0 spiro atoms. The summed E-state index contributed by atoms with van der Waals surface area (Å²) in [5.41, 5.74) is 4.83. The summed E-state index contributed by atoms with van der Waals surface area (Å²) in [5.74, 6) is 0.0512. The molecule has 5 aromatic rings. The predicted molar refractivity (Wildman–Crippen MR) is 137 cm³/mol. The molecule has 3 aromatic carbocycles. The highest BCUT2D eigenvalue weighted by Crippen LogP contribution is 2.29. The normalized spacial score (nSPS) is 11.3. The first-order chi connectivity index (χ1) is 16.5. The maximum Gasteiger partial charge on any atom is 0.265 e. The number of benzene rings is 3. The highest BCUT2D eigenvalue weighted by molar-refractivity contribution is 7.12. The number of anilines is 1. The Labute approximate surface area is 199 Å². The Morgan fingerprint density at radius 2 is 1.82 bits per heavy atom. The molecule has 0 radical (unpaired) electrons. The third kappa shape index (κ3) is 4.69. The number of thiophene rings is 1. The molecule has 0 atom stereocenters. The Hall–Kier alpha value is -4.36. The Balaban J connectivity index is 1.38. The fourth-order valence-electron chi connectivity index (χ4n) is 3.79. The summed E-state index contributed by atoms with van der Waals surface area (Å²) in [5, 5.41) is 25.7. The van der Waals surface area contributed by atoms with Crippen LogP contribution in [0.2, 0.25) is 0 Å². The van der Waals surface area contributed by atoms with E-state index in [2.05, 4.69) is 15.3 Å². The molecule has 4 N–H and O–H groups in total. The molecule has 0 aliphatic rings. The van der Waals surface area contributed by atoms with Crippen molar-refractivity contribution in [3.63, 3.8) is 0 Å². The number of aliphatic imine (C=N–C) groups is 1. The van der Waals surface area contributed by atoms with Gasteiger partial charge in [0.2, 0.25) is 0 Å². The summed E-state index contributed by atoms with van der Waals surface area (Å²) < 4.78 is 0. The standard InChI is InChI=1S/C27H21N3O3S/c31-21-7-2-5-19(15-21)28-16-23-22-14-18(9-10-24(22)30-26(23)32)12-17-4-1-6-20(13-17)29-27(33)25-8-3-11-34-25/h1-11,13-16,30-32H,12H2,(H,29,33). The van der Waals surface area contributed by atoms with E-state index >= 15 is 0 Å². The lowest BCUT2D eigenvalue weighted by atomic mass is 10.0. The third-order valence-corrected chi connectivity index (χ3v) is 6.26. The third-order valence-electron chi connectivity index (χ3n) is 5.39. The molecule has 5 rings (SSSR count). The average molecular weight is 468 g/mol. The van der Waals surface area contributed by atoms with E-state index in [0.717, 1.165) is 27.7 Å². The van der Waals surface area contributed by atoms with Gasteiger partial charge in [-0.3, -0.25) is 9.79 Å². The first kappa shape index (κ1) is 21.5. The number of aromatic hydroxyl groups is 2. The van der Waals surface area contributed by atoms with E-state index in [4.69, 9.17) is 0 Å². The van der Waals surface area contributed by atoms with Gasteiger partial charge in [0, 0.05) is 28.9 Å². The summed E-state index contributed by atoms with van der Waals surface area (Å²) in [7, 11) is 0. The number of carbonyl (C=O) groups is 1. The largest absolute Gasteiger partial charge is 0.508 e. The van der Waals surface area contributed by atoms with Gasteiger partial charge in [0.05, 0.1) is 16.1 Å². The van der Waals surface area contributed by atoms with Crippen molar-refractivity contribution < 1.29 is 15.0 Å². The summed E-state index contributed by atoms with van der Waals surface area (Å²) in [6.45, 7) is 0. The lowest BCUT2D eigenvalue weighted by molar-refractivity contribution is 0.103. The van der Waals surface area contributed by atoms with Gasteiger partial charge in [-0.05, 0) is 65.4 Å². The van der Waals surface area contributed by atoms with Gasteiger partial charge in [-0.25, -0.2) is 0 Å². The topological polar surface area (TPSA) is 97.7 Å². The number of fused-ring (bicyclic) bond motifs is 1. The molecule has 0 saturated carbocycles. The Kier molecular flexibility index (Phi) is 5.84. The van der Waals surface area contributed by atoms with Crippen molar-refractivity contribution in [3.8, 4) is 11.6 Å². The molecule has 0 unspecified atom stereocenters. The van der Waals surface area contributed by atoms with Gasteiger partial charge in [0.15, 0.2) is 5.88 Å². The van der Waals surface area contributed by atoms with Crippen LogP contribution < -0.4 is 5.32 Å². The highest BCUT2D eigenvalue weighted by atomic mass is 32.1. The van der Waals surface area contributed by atoms with Crippen molar-refractivity contribution in [2.24, 2.45) is 4.99 Å². The van der Waals surface area contributed by atoms with Crippen molar-refractivity contribution >= 4 is 45.7 Å². The van der Waals surface area contributed by atoms with Crippen LogP contribution in [0.3, 0.4) is 0 Å². The van der Waals surface area contributed by atoms with Crippen molar-refractivity contribution in [2.75, 3.05) is 5.32 Å². The first-order valence-corrected chi connectivity index (χ1v) is 11.5. The molecule has 0 aliphatic heterocycles. The molecule has 0 fully saturated rings. The Morgan fingerprint density at radius 1 is 0.971 bits per heavy atom. The first-order valence-electron chi connectivity index (χ1n) is 10.7. The minimum absolute atomic E-state index is 0.0364. The number of aromatic nitrogens is 1. The lowest BCUT2D eigenvalue weighted by Crippen LogP contribution is -2.10. The molecule has 1 amide bonds. The van der Waals surface area contributed by atoms with E-state index in [1.54, 1.807) is 36.5 Å². The molecule has 2 aromatic heterocycles. The van der Waals surface area contributed by atoms with Gasteiger partial charge < -0.3 is 20.5 Å².